The number of aryl methyl sites for hydroxylation is 1. The molecule has 1 aromatic heterocycles. The van der Waals surface area contributed by atoms with Crippen LogP contribution in [0.5, 0.6) is 0 Å². The quantitative estimate of drug-likeness (QED) is 0.772. The fourth-order valence-electron chi connectivity index (χ4n) is 3.61. The summed E-state index contributed by atoms with van der Waals surface area (Å²) in [5.41, 5.74) is 0.277. The number of aromatic nitrogens is 4. The molecule has 0 N–H and O–H groups in total. The van der Waals surface area contributed by atoms with Gasteiger partial charge in [0.1, 0.15) is 0 Å². The second kappa shape index (κ2) is 4.50. The maximum atomic E-state index is 11.8. The first-order valence-corrected chi connectivity index (χ1v) is 6.76. The van der Waals surface area contributed by atoms with Crippen molar-refractivity contribution in [2.45, 2.75) is 38.6 Å². The van der Waals surface area contributed by atoms with Gasteiger partial charge in [-0.1, -0.05) is 6.42 Å². The second-order valence-corrected chi connectivity index (χ2v) is 5.63. The van der Waals surface area contributed by atoms with E-state index in [4.69, 9.17) is 4.74 Å². The summed E-state index contributed by atoms with van der Waals surface area (Å²) in [6, 6.07) is 0. The van der Waals surface area contributed by atoms with E-state index < -0.39 is 0 Å². The predicted octanol–water partition coefficient (Wildman–Crippen LogP) is 0.574. The lowest BCUT2D eigenvalue weighted by atomic mass is 9.72. The highest BCUT2D eigenvalue weighted by molar-refractivity contribution is 4.93. The molecular weight excluding hydrogens is 232 g/mol. The molecule has 6 nitrogen and oxygen atoms in total. The van der Waals surface area contributed by atoms with Crippen LogP contribution in [0.2, 0.25) is 0 Å². The summed E-state index contributed by atoms with van der Waals surface area (Å²) >= 11 is 0. The number of nitrogens with zero attached hydrogens (tertiary/aromatic N) is 4. The Kier molecular flexibility index (Phi) is 2.97. The smallest absolute Gasteiger partial charge is 0.363 e. The van der Waals surface area contributed by atoms with Crippen molar-refractivity contribution >= 4 is 0 Å². The van der Waals surface area contributed by atoms with Crippen molar-refractivity contribution in [1.82, 2.24) is 19.8 Å². The molecule has 100 valence electrons. The van der Waals surface area contributed by atoms with Crippen molar-refractivity contribution in [3.8, 4) is 0 Å². The molecule has 2 aliphatic rings. The van der Waals surface area contributed by atoms with Crippen LogP contribution >= 0.6 is 0 Å². The first-order chi connectivity index (χ1) is 8.71. The molecule has 3 rings (SSSR count). The van der Waals surface area contributed by atoms with Crippen molar-refractivity contribution in [1.29, 1.82) is 0 Å². The van der Waals surface area contributed by atoms with Crippen molar-refractivity contribution < 1.29 is 4.74 Å². The molecular formula is C12H20N4O2. The molecule has 6 heteroatoms. The van der Waals surface area contributed by atoms with Crippen LogP contribution < -0.4 is 5.69 Å². The topological polar surface area (TPSA) is 61.9 Å². The van der Waals surface area contributed by atoms with Crippen LogP contribution in [0, 0.1) is 11.3 Å². The first-order valence-electron chi connectivity index (χ1n) is 6.76. The standard InChI is InChI=1S/C12H20N4O2/c1-15-11(17)16(14-13-15)9-10-3-2-4-12(10)5-7-18-8-6-12/h10H,2-9H2,1H3. The summed E-state index contributed by atoms with van der Waals surface area (Å²) in [6.07, 6.45) is 6.00. The Labute approximate surface area is 106 Å². The third-order valence-electron chi connectivity index (χ3n) is 4.75. The molecule has 1 spiro atoms. The lowest BCUT2D eigenvalue weighted by Gasteiger charge is -2.38. The van der Waals surface area contributed by atoms with Crippen LogP contribution in [-0.2, 0) is 18.3 Å². The second-order valence-electron chi connectivity index (χ2n) is 5.63. The minimum Gasteiger partial charge on any atom is -0.381 e. The zero-order valence-electron chi connectivity index (χ0n) is 10.8. The van der Waals surface area contributed by atoms with Gasteiger partial charge in [-0.3, -0.25) is 0 Å². The van der Waals surface area contributed by atoms with Gasteiger partial charge in [-0.15, -0.1) is 0 Å². The molecule has 0 radical (unpaired) electrons. The molecule has 1 saturated carbocycles. The first kappa shape index (κ1) is 11.9. The fraction of sp³-hybridized carbons (Fsp3) is 0.917. The van der Waals surface area contributed by atoms with E-state index in [0.717, 1.165) is 26.1 Å². The van der Waals surface area contributed by atoms with Gasteiger partial charge >= 0.3 is 5.69 Å². The molecule has 18 heavy (non-hydrogen) atoms. The van der Waals surface area contributed by atoms with Crippen molar-refractivity contribution in [2.75, 3.05) is 13.2 Å². The van der Waals surface area contributed by atoms with Crippen LogP contribution in [0.25, 0.3) is 0 Å². The predicted molar refractivity (Wildman–Crippen MR) is 65.1 cm³/mol. The highest BCUT2D eigenvalue weighted by Crippen LogP contribution is 2.50. The van der Waals surface area contributed by atoms with E-state index in [1.165, 1.54) is 28.6 Å². The lowest BCUT2D eigenvalue weighted by Crippen LogP contribution is -2.37. The highest BCUT2D eigenvalue weighted by atomic mass is 16.5. The summed E-state index contributed by atoms with van der Waals surface area (Å²) in [5.74, 6) is 0.552. The molecule has 2 heterocycles. The molecule has 0 aromatic carbocycles. The number of hydrogen-bond donors (Lipinski definition) is 0. The van der Waals surface area contributed by atoms with Gasteiger partial charge in [0, 0.05) is 20.3 Å². The van der Waals surface area contributed by atoms with Crippen molar-refractivity contribution in [2.24, 2.45) is 18.4 Å². The minimum absolute atomic E-state index is 0.107. The highest BCUT2D eigenvalue weighted by Gasteiger charge is 2.43. The van der Waals surface area contributed by atoms with Crippen LogP contribution in [-0.4, -0.2) is 33.0 Å². The van der Waals surface area contributed by atoms with E-state index >= 15 is 0 Å². The minimum atomic E-state index is -0.107. The van der Waals surface area contributed by atoms with Crippen LogP contribution in [0.1, 0.15) is 32.1 Å². The molecule has 2 fully saturated rings. The van der Waals surface area contributed by atoms with Crippen LogP contribution in [0.3, 0.4) is 0 Å². The molecule has 1 atom stereocenters. The largest absolute Gasteiger partial charge is 0.381 e. The van der Waals surface area contributed by atoms with E-state index in [2.05, 4.69) is 10.4 Å². The maximum Gasteiger partial charge on any atom is 0.363 e. The fourth-order valence-corrected chi connectivity index (χ4v) is 3.61. The Bertz CT molecular complexity index is 473. The van der Waals surface area contributed by atoms with E-state index in [1.54, 1.807) is 7.05 Å². The molecule has 1 unspecified atom stereocenters. The van der Waals surface area contributed by atoms with E-state index in [0.29, 0.717) is 17.9 Å². The number of ether oxygens (including phenoxy) is 1. The van der Waals surface area contributed by atoms with Gasteiger partial charge in [-0.25, -0.2) is 4.79 Å². The lowest BCUT2D eigenvalue weighted by molar-refractivity contribution is -0.0106. The average Bonchev–Trinajstić information content (AvgIpc) is 2.90. The van der Waals surface area contributed by atoms with Gasteiger partial charge in [-0.2, -0.15) is 9.36 Å². The van der Waals surface area contributed by atoms with E-state index in [1.807, 2.05) is 0 Å². The third-order valence-corrected chi connectivity index (χ3v) is 4.75. The summed E-state index contributed by atoms with van der Waals surface area (Å²) in [4.78, 5) is 11.8. The van der Waals surface area contributed by atoms with Gasteiger partial charge < -0.3 is 4.74 Å². The monoisotopic (exact) mass is 252 g/mol. The van der Waals surface area contributed by atoms with Crippen molar-refractivity contribution in [3.63, 3.8) is 0 Å². The molecule has 0 amide bonds. The van der Waals surface area contributed by atoms with Gasteiger partial charge in [0.2, 0.25) is 0 Å². The van der Waals surface area contributed by atoms with Gasteiger partial charge in [0.25, 0.3) is 0 Å². The maximum absolute atomic E-state index is 11.8. The number of tetrazole rings is 1. The molecule has 1 saturated heterocycles. The number of rotatable bonds is 2. The zero-order chi connectivity index (χ0) is 12.6. The molecule has 0 bridgehead atoms. The molecule has 1 aliphatic heterocycles. The Morgan fingerprint density at radius 1 is 1.33 bits per heavy atom. The van der Waals surface area contributed by atoms with Gasteiger partial charge in [0.05, 0.1) is 6.54 Å². The summed E-state index contributed by atoms with van der Waals surface area (Å²) in [6.45, 7) is 2.45. The normalized spacial score (nSPS) is 26.8. The summed E-state index contributed by atoms with van der Waals surface area (Å²) in [5, 5.41) is 7.73. The van der Waals surface area contributed by atoms with Crippen molar-refractivity contribution in [3.05, 3.63) is 10.5 Å². The zero-order valence-corrected chi connectivity index (χ0v) is 10.8. The third kappa shape index (κ3) is 1.88. The summed E-state index contributed by atoms with van der Waals surface area (Å²) < 4.78 is 8.30. The molecule has 1 aromatic rings. The molecule has 1 aliphatic carbocycles. The van der Waals surface area contributed by atoms with Crippen LogP contribution in [0.15, 0.2) is 4.79 Å². The Morgan fingerprint density at radius 2 is 2.11 bits per heavy atom. The average molecular weight is 252 g/mol. The van der Waals surface area contributed by atoms with Gasteiger partial charge in [0.15, 0.2) is 0 Å². The van der Waals surface area contributed by atoms with E-state index in [-0.39, 0.29) is 5.69 Å². The number of hydrogen-bond acceptors (Lipinski definition) is 4. The van der Waals surface area contributed by atoms with Crippen LogP contribution in [0.4, 0.5) is 0 Å². The Hall–Kier alpha value is -1.17. The van der Waals surface area contributed by atoms with E-state index in [9.17, 15) is 4.79 Å². The Balaban J connectivity index is 1.79. The summed E-state index contributed by atoms with van der Waals surface area (Å²) in [7, 11) is 1.64. The Morgan fingerprint density at radius 3 is 2.78 bits per heavy atom. The SMILES string of the molecule is Cn1nnn(CC2CCCC23CCOCC3)c1=O. The van der Waals surface area contributed by atoms with Gasteiger partial charge in [-0.05, 0) is 47.4 Å².